The fourth-order valence-electron chi connectivity index (χ4n) is 4.75. The van der Waals surface area contributed by atoms with E-state index in [0.29, 0.717) is 6.42 Å². The average Bonchev–Trinajstić information content (AvgIpc) is 2.93. The Morgan fingerprint density at radius 1 is 1.05 bits per heavy atom. The van der Waals surface area contributed by atoms with Crippen molar-refractivity contribution >= 4 is 23.6 Å². The van der Waals surface area contributed by atoms with E-state index in [1.807, 2.05) is 44.2 Å². The summed E-state index contributed by atoms with van der Waals surface area (Å²) in [5, 5.41) is 29.7. The first-order chi connectivity index (χ1) is 18.9. The molecule has 1 fully saturated rings. The van der Waals surface area contributed by atoms with Crippen LogP contribution in [0.1, 0.15) is 50.2 Å². The van der Waals surface area contributed by atoms with E-state index in [-0.39, 0.29) is 23.8 Å². The predicted octanol–water partition coefficient (Wildman–Crippen LogP) is 1.00. The summed E-state index contributed by atoms with van der Waals surface area (Å²) in [6.45, 7) is 6.99. The number of nitrogens with one attached hydrogen (secondary N) is 3. The third-order valence-electron chi connectivity index (χ3n) is 7.30. The minimum Gasteiger partial charge on any atom is -0.505 e. The molecule has 4 amide bonds. The zero-order valence-electron chi connectivity index (χ0n) is 23.5. The number of aliphatic hydroxyl groups excluding tert-OH is 1. The Bertz CT molecular complexity index is 1210. The molecule has 1 aliphatic heterocycles. The van der Waals surface area contributed by atoms with Crippen LogP contribution in [0.4, 0.5) is 0 Å². The largest absolute Gasteiger partial charge is 0.505 e. The number of hydrogen-bond donors (Lipinski definition) is 5. The van der Waals surface area contributed by atoms with Crippen LogP contribution in [0.15, 0.2) is 48.7 Å². The molecule has 3 rings (SSSR count). The summed E-state index contributed by atoms with van der Waals surface area (Å²) in [5.41, 5.74) is 0.547. The molecule has 0 radical (unpaired) electrons. The third kappa shape index (κ3) is 7.35. The van der Waals surface area contributed by atoms with Gasteiger partial charge in [-0.25, -0.2) is 4.98 Å². The van der Waals surface area contributed by atoms with Gasteiger partial charge in [-0.2, -0.15) is 0 Å². The summed E-state index contributed by atoms with van der Waals surface area (Å²) in [5.74, 6) is -3.68. The Labute approximate surface area is 234 Å². The van der Waals surface area contributed by atoms with Gasteiger partial charge in [-0.15, -0.1) is 0 Å². The summed E-state index contributed by atoms with van der Waals surface area (Å²) < 4.78 is 0. The maximum Gasteiger partial charge on any atom is 0.274 e. The van der Waals surface area contributed by atoms with E-state index in [1.54, 1.807) is 13.8 Å². The first-order valence-corrected chi connectivity index (χ1v) is 13.4. The number of amides is 4. The van der Waals surface area contributed by atoms with E-state index in [2.05, 4.69) is 20.9 Å². The van der Waals surface area contributed by atoms with Crippen LogP contribution in [-0.2, 0) is 20.8 Å². The third-order valence-corrected chi connectivity index (χ3v) is 7.30. The van der Waals surface area contributed by atoms with Crippen molar-refractivity contribution in [3.05, 3.63) is 59.9 Å². The van der Waals surface area contributed by atoms with Crippen molar-refractivity contribution in [3.8, 4) is 5.75 Å². The van der Waals surface area contributed by atoms with Gasteiger partial charge >= 0.3 is 0 Å². The van der Waals surface area contributed by atoms with Gasteiger partial charge in [0.1, 0.15) is 17.8 Å². The molecule has 6 atom stereocenters. The molecule has 1 aromatic carbocycles. The second kappa shape index (κ2) is 13.4. The number of pyridine rings is 1. The minimum absolute atomic E-state index is 0.0582. The SMILES string of the molecule is CC(C)CC1NC(=O)[C@H](C)[C@H](O)[C@H](Cc2ccccc2)NC(=O)[C@@H](NC(=O)c2ncccc2O)[C@@H](C)N(C)C1=O. The second-order valence-electron chi connectivity index (χ2n) is 10.8. The average molecular weight is 554 g/mol. The minimum atomic E-state index is -1.30. The van der Waals surface area contributed by atoms with Gasteiger partial charge in [0.15, 0.2) is 5.69 Å². The summed E-state index contributed by atoms with van der Waals surface area (Å²) in [7, 11) is 1.50. The number of nitrogens with zero attached hydrogens (tertiary/aromatic N) is 2. The number of carbonyl (C=O) groups is 4. The monoisotopic (exact) mass is 553 g/mol. The highest BCUT2D eigenvalue weighted by molar-refractivity contribution is 5.98. The molecule has 2 aromatic rings. The molecule has 0 saturated carbocycles. The standard InChI is InChI=1S/C29H39N5O6/c1-16(2)14-21-29(40)34(5)18(4)23(33-28(39)24-22(35)12-9-13-30-24)27(38)31-20(15-19-10-7-6-8-11-19)25(36)17(3)26(37)32-21/h6-13,16-18,20-21,23,25,35-36H,14-15H2,1-5H3,(H,31,38)(H,32,37)(H,33,39)/t17-,18-,20+,21?,23+,25+/m1/s1. The first-order valence-electron chi connectivity index (χ1n) is 13.4. The topological polar surface area (TPSA) is 161 Å². The van der Waals surface area contributed by atoms with Gasteiger partial charge < -0.3 is 31.1 Å². The van der Waals surface area contributed by atoms with Gasteiger partial charge in [0.2, 0.25) is 17.7 Å². The molecular formula is C29H39N5O6. The summed E-state index contributed by atoms with van der Waals surface area (Å²) >= 11 is 0. The highest BCUT2D eigenvalue weighted by Crippen LogP contribution is 2.19. The molecule has 40 heavy (non-hydrogen) atoms. The number of aromatic hydroxyl groups is 1. The van der Waals surface area contributed by atoms with Crippen LogP contribution in [-0.4, -0.2) is 81.0 Å². The zero-order chi connectivity index (χ0) is 29.6. The lowest BCUT2D eigenvalue weighted by Gasteiger charge is -2.37. The number of likely N-dealkylation sites (N-methyl/N-ethyl adjacent to an activating group) is 1. The normalized spacial score (nSPS) is 26.4. The Morgan fingerprint density at radius 3 is 2.35 bits per heavy atom. The van der Waals surface area contributed by atoms with Crippen LogP contribution >= 0.6 is 0 Å². The highest BCUT2D eigenvalue weighted by atomic mass is 16.3. The molecule has 1 saturated heterocycles. The number of hydrogen-bond acceptors (Lipinski definition) is 7. The lowest BCUT2D eigenvalue weighted by atomic mass is 9.90. The molecular weight excluding hydrogens is 514 g/mol. The lowest BCUT2D eigenvalue weighted by Crippen LogP contribution is -2.64. The van der Waals surface area contributed by atoms with Crippen molar-refractivity contribution in [3.63, 3.8) is 0 Å². The first kappa shape index (κ1) is 30.6. The van der Waals surface area contributed by atoms with Crippen LogP contribution in [0.3, 0.4) is 0 Å². The van der Waals surface area contributed by atoms with Crippen molar-refractivity contribution in [2.75, 3.05) is 7.05 Å². The van der Waals surface area contributed by atoms with Crippen molar-refractivity contribution < 1.29 is 29.4 Å². The van der Waals surface area contributed by atoms with E-state index in [0.717, 1.165) is 5.56 Å². The quantitative estimate of drug-likeness (QED) is 0.357. The Hall–Kier alpha value is -3.99. The molecule has 11 heteroatoms. The van der Waals surface area contributed by atoms with Gasteiger partial charge in [-0.1, -0.05) is 51.1 Å². The zero-order valence-corrected chi connectivity index (χ0v) is 23.5. The number of rotatable bonds is 6. The van der Waals surface area contributed by atoms with E-state index in [4.69, 9.17) is 0 Å². The number of benzene rings is 1. The molecule has 0 aliphatic carbocycles. The van der Waals surface area contributed by atoms with Crippen LogP contribution in [0.5, 0.6) is 5.75 Å². The Morgan fingerprint density at radius 2 is 1.73 bits per heavy atom. The lowest BCUT2D eigenvalue weighted by molar-refractivity contribution is -0.142. The molecule has 1 unspecified atom stereocenters. The van der Waals surface area contributed by atoms with Gasteiger partial charge in [-0.3, -0.25) is 19.2 Å². The van der Waals surface area contributed by atoms with Crippen molar-refractivity contribution in [1.29, 1.82) is 0 Å². The van der Waals surface area contributed by atoms with E-state index in [9.17, 15) is 29.4 Å². The van der Waals surface area contributed by atoms with Crippen molar-refractivity contribution in [2.24, 2.45) is 11.8 Å². The predicted molar refractivity (Wildman–Crippen MR) is 148 cm³/mol. The van der Waals surface area contributed by atoms with Crippen LogP contribution in [0.25, 0.3) is 0 Å². The molecule has 5 N–H and O–H groups in total. The van der Waals surface area contributed by atoms with E-state index < -0.39 is 59.8 Å². The summed E-state index contributed by atoms with van der Waals surface area (Å²) in [6, 6.07) is 8.00. The fraction of sp³-hybridized carbons (Fsp3) is 0.483. The van der Waals surface area contributed by atoms with E-state index in [1.165, 1.54) is 30.3 Å². The van der Waals surface area contributed by atoms with Gasteiger partial charge in [0, 0.05) is 13.2 Å². The van der Waals surface area contributed by atoms with Crippen LogP contribution in [0.2, 0.25) is 0 Å². The fourth-order valence-corrected chi connectivity index (χ4v) is 4.75. The molecule has 1 aliphatic rings. The molecule has 216 valence electrons. The van der Waals surface area contributed by atoms with Crippen molar-refractivity contribution in [2.45, 2.75) is 70.8 Å². The van der Waals surface area contributed by atoms with Gasteiger partial charge in [-0.05, 0) is 43.4 Å². The molecule has 1 aromatic heterocycles. The van der Waals surface area contributed by atoms with Crippen LogP contribution in [0, 0.1) is 11.8 Å². The Balaban J connectivity index is 2.04. The highest BCUT2D eigenvalue weighted by Gasteiger charge is 2.40. The molecule has 11 nitrogen and oxygen atoms in total. The molecule has 0 spiro atoms. The van der Waals surface area contributed by atoms with Crippen LogP contribution < -0.4 is 16.0 Å². The maximum absolute atomic E-state index is 13.8. The molecule has 2 heterocycles. The van der Waals surface area contributed by atoms with E-state index >= 15 is 0 Å². The van der Waals surface area contributed by atoms with Gasteiger partial charge in [0.25, 0.3) is 5.91 Å². The number of aliphatic hydroxyl groups is 1. The second-order valence-corrected chi connectivity index (χ2v) is 10.8. The Kier molecular flexibility index (Phi) is 10.2. The van der Waals surface area contributed by atoms with Crippen molar-refractivity contribution in [1.82, 2.24) is 25.8 Å². The number of aromatic nitrogens is 1. The van der Waals surface area contributed by atoms with Gasteiger partial charge in [0.05, 0.1) is 24.1 Å². The molecule has 0 bridgehead atoms. The maximum atomic E-state index is 13.8. The summed E-state index contributed by atoms with van der Waals surface area (Å²) in [6.07, 6.45) is 0.582. The summed E-state index contributed by atoms with van der Waals surface area (Å²) in [4.78, 5) is 58.9. The number of carbonyl (C=O) groups excluding carboxylic acids is 4. The smallest absolute Gasteiger partial charge is 0.274 e.